The molecule has 0 aliphatic rings. The minimum Gasteiger partial charge on any atom is -0.494 e. The molecule has 0 atom stereocenters. The van der Waals surface area contributed by atoms with Gasteiger partial charge in [0.05, 0.1) is 23.2 Å². The van der Waals surface area contributed by atoms with E-state index in [1.54, 1.807) is 0 Å². The van der Waals surface area contributed by atoms with Gasteiger partial charge in [0.2, 0.25) is 0 Å². The summed E-state index contributed by atoms with van der Waals surface area (Å²) in [5.74, 6) is 1.31. The van der Waals surface area contributed by atoms with Gasteiger partial charge in [0.1, 0.15) is 5.75 Å². The minimum absolute atomic E-state index is 0.512. The van der Waals surface area contributed by atoms with E-state index in [1.807, 2.05) is 37.3 Å². The first-order valence-corrected chi connectivity index (χ1v) is 12.5. The van der Waals surface area contributed by atoms with Gasteiger partial charge in [-0.1, -0.05) is 52.6 Å². The van der Waals surface area contributed by atoms with Crippen molar-refractivity contribution in [3.05, 3.63) is 83.4 Å². The number of ether oxygens (including phenoxy) is 1. The van der Waals surface area contributed by atoms with Gasteiger partial charge in [-0.3, -0.25) is 4.57 Å². The quantitative estimate of drug-likeness (QED) is 0.130. The van der Waals surface area contributed by atoms with E-state index in [2.05, 4.69) is 39.3 Å². The van der Waals surface area contributed by atoms with E-state index >= 15 is 0 Å². The molecule has 4 rings (SSSR count). The maximum Gasteiger partial charge on any atom is 0.416 e. The number of rotatable bonds is 7. The van der Waals surface area contributed by atoms with Gasteiger partial charge < -0.3 is 4.74 Å². The highest BCUT2D eigenvalue weighted by molar-refractivity contribution is 14.1. The highest BCUT2D eigenvalue weighted by Crippen LogP contribution is 2.33. The summed E-state index contributed by atoms with van der Waals surface area (Å²) in [6, 6.07) is 19.3. The van der Waals surface area contributed by atoms with Gasteiger partial charge in [0.25, 0.3) is 0 Å². The lowest BCUT2D eigenvalue weighted by atomic mass is 10.1. The first-order chi connectivity index (χ1) is 15.4. The maximum atomic E-state index is 12.8. The molecule has 0 fully saturated rings. The SMILES string of the molecule is CCOc1ccc(-n2c(SCc3ccc(C(F)(F)F)cc3)nc3ccc(CI)cc32)cc1. The second kappa shape index (κ2) is 9.74. The van der Waals surface area contributed by atoms with E-state index in [0.717, 1.165) is 49.8 Å². The van der Waals surface area contributed by atoms with Gasteiger partial charge in [-0.15, -0.1) is 0 Å². The molecule has 1 aromatic heterocycles. The maximum absolute atomic E-state index is 12.8. The first kappa shape index (κ1) is 23.0. The van der Waals surface area contributed by atoms with Crippen molar-refractivity contribution in [1.82, 2.24) is 9.55 Å². The Balaban J connectivity index is 1.68. The fourth-order valence-corrected chi connectivity index (χ4v) is 4.78. The molecule has 32 heavy (non-hydrogen) atoms. The molecule has 4 aromatic rings. The van der Waals surface area contributed by atoms with Crippen molar-refractivity contribution in [2.45, 2.75) is 28.4 Å². The Labute approximate surface area is 202 Å². The number of imidazole rings is 1. The molecule has 0 radical (unpaired) electrons. The molecular formula is C24H20F3IN2OS. The normalized spacial score (nSPS) is 11.8. The Kier molecular flexibility index (Phi) is 6.99. The van der Waals surface area contributed by atoms with Gasteiger partial charge in [0.15, 0.2) is 5.16 Å². The van der Waals surface area contributed by atoms with Gasteiger partial charge in [-0.05, 0) is 66.6 Å². The molecule has 0 amide bonds. The van der Waals surface area contributed by atoms with Crippen LogP contribution in [0.4, 0.5) is 13.2 Å². The molecule has 1 heterocycles. The molecule has 0 saturated carbocycles. The van der Waals surface area contributed by atoms with Gasteiger partial charge >= 0.3 is 6.18 Å². The number of hydrogen-bond donors (Lipinski definition) is 0. The zero-order valence-corrected chi connectivity index (χ0v) is 20.2. The smallest absolute Gasteiger partial charge is 0.416 e. The van der Waals surface area contributed by atoms with E-state index in [1.165, 1.54) is 29.5 Å². The fraction of sp³-hybridized carbons (Fsp3) is 0.208. The van der Waals surface area contributed by atoms with E-state index in [9.17, 15) is 13.2 Å². The van der Waals surface area contributed by atoms with Crippen LogP contribution in [-0.4, -0.2) is 16.2 Å². The highest BCUT2D eigenvalue weighted by Gasteiger charge is 2.29. The number of nitrogens with zero attached hydrogens (tertiary/aromatic N) is 2. The van der Waals surface area contributed by atoms with Crippen molar-refractivity contribution >= 4 is 45.4 Å². The van der Waals surface area contributed by atoms with Crippen molar-refractivity contribution in [1.29, 1.82) is 0 Å². The van der Waals surface area contributed by atoms with Gasteiger partial charge in [0, 0.05) is 15.9 Å². The van der Waals surface area contributed by atoms with Crippen LogP contribution in [-0.2, 0) is 16.4 Å². The Morgan fingerprint density at radius 1 is 0.969 bits per heavy atom. The summed E-state index contributed by atoms with van der Waals surface area (Å²) in [4.78, 5) is 4.81. The zero-order valence-electron chi connectivity index (χ0n) is 17.2. The molecule has 0 N–H and O–H groups in total. The highest BCUT2D eigenvalue weighted by atomic mass is 127. The molecular weight excluding hydrogens is 548 g/mol. The summed E-state index contributed by atoms with van der Waals surface area (Å²) in [6.07, 6.45) is -4.33. The Morgan fingerprint density at radius 3 is 2.28 bits per heavy atom. The Bertz CT molecular complexity index is 1210. The summed E-state index contributed by atoms with van der Waals surface area (Å²) >= 11 is 3.83. The summed E-state index contributed by atoms with van der Waals surface area (Å²) in [5.41, 5.74) is 4.20. The molecule has 3 aromatic carbocycles. The molecule has 3 nitrogen and oxygen atoms in total. The van der Waals surface area contributed by atoms with Crippen molar-refractivity contribution in [3.63, 3.8) is 0 Å². The van der Waals surface area contributed by atoms with Crippen molar-refractivity contribution in [2.75, 3.05) is 6.61 Å². The first-order valence-electron chi connectivity index (χ1n) is 9.98. The number of thioether (sulfide) groups is 1. The van der Waals surface area contributed by atoms with Crippen LogP contribution >= 0.6 is 34.4 Å². The monoisotopic (exact) mass is 568 g/mol. The molecule has 166 valence electrons. The van der Waals surface area contributed by atoms with Crippen LogP contribution in [0, 0.1) is 0 Å². The van der Waals surface area contributed by atoms with E-state index < -0.39 is 11.7 Å². The van der Waals surface area contributed by atoms with Crippen LogP contribution in [0.15, 0.2) is 71.9 Å². The topological polar surface area (TPSA) is 27.1 Å². The largest absolute Gasteiger partial charge is 0.494 e. The van der Waals surface area contributed by atoms with E-state index in [-0.39, 0.29) is 0 Å². The average Bonchev–Trinajstić information content (AvgIpc) is 3.15. The standard InChI is InChI=1S/C24H20F3IN2OS/c1-2-31-20-10-8-19(9-11-20)30-22-13-17(14-28)5-12-21(22)29-23(30)32-15-16-3-6-18(7-4-16)24(25,26)27/h3-13H,2,14-15H2,1H3. The molecule has 0 bridgehead atoms. The number of aromatic nitrogens is 2. The molecule has 8 heteroatoms. The van der Waals surface area contributed by atoms with Crippen LogP contribution < -0.4 is 4.74 Å². The second-order valence-electron chi connectivity index (χ2n) is 7.10. The summed E-state index contributed by atoms with van der Waals surface area (Å²) < 4.78 is 47.1. The van der Waals surface area contributed by atoms with Gasteiger partial charge in [-0.2, -0.15) is 13.2 Å². The lowest BCUT2D eigenvalue weighted by Gasteiger charge is -2.11. The molecule has 0 aliphatic carbocycles. The molecule has 0 spiro atoms. The lowest BCUT2D eigenvalue weighted by Crippen LogP contribution is -2.04. The summed E-state index contributed by atoms with van der Waals surface area (Å²) in [6.45, 7) is 2.54. The fourth-order valence-electron chi connectivity index (χ4n) is 3.32. The van der Waals surface area contributed by atoms with Crippen molar-refractivity contribution in [2.24, 2.45) is 0 Å². The van der Waals surface area contributed by atoms with E-state index in [0.29, 0.717) is 12.4 Å². The third-order valence-electron chi connectivity index (χ3n) is 4.90. The third kappa shape index (κ3) is 5.06. The van der Waals surface area contributed by atoms with Crippen LogP contribution in [0.3, 0.4) is 0 Å². The predicted molar refractivity (Wildman–Crippen MR) is 131 cm³/mol. The van der Waals surface area contributed by atoms with Crippen LogP contribution in [0.5, 0.6) is 5.75 Å². The zero-order chi connectivity index (χ0) is 22.7. The number of halogens is 4. The Morgan fingerprint density at radius 2 is 1.66 bits per heavy atom. The van der Waals surface area contributed by atoms with Crippen LogP contribution in [0.1, 0.15) is 23.6 Å². The minimum atomic E-state index is -4.33. The van der Waals surface area contributed by atoms with Gasteiger partial charge in [-0.25, -0.2) is 4.98 Å². The number of hydrogen-bond acceptors (Lipinski definition) is 3. The van der Waals surface area contributed by atoms with Crippen LogP contribution in [0.2, 0.25) is 0 Å². The predicted octanol–water partition coefficient (Wildman–Crippen LogP) is 7.67. The number of fused-ring (bicyclic) bond motifs is 1. The summed E-state index contributed by atoms with van der Waals surface area (Å²) in [5, 5.41) is 0.787. The Hall–Kier alpha value is -2.20. The molecule has 0 saturated heterocycles. The van der Waals surface area contributed by atoms with Crippen molar-refractivity contribution < 1.29 is 17.9 Å². The van der Waals surface area contributed by atoms with Crippen LogP contribution in [0.25, 0.3) is 16.7 Å². The number of benzene rings is 3. The lowest BCUT2D eigenvalue weighted by molar-refractivity contribution is -0.137. The molecule has 0 aliphatic heterocycles. The second-order valence-corrected chi connectivity index (χ2v) is 8.80. The average molecular weight is 568 g/mol. The third-order valence-corrected chi connectivity index (χ3v) is 6.79. The summed E-state index contributed by atoms with van der Waals surface area (Å²) in [7, 11) is 0. The van der Waals surface area contributed by atoms with E-state index in [4.69, 9.17) is 9.72 Å². The molecule has 0 unspecified atom stereocenters. The number of alkyl halides is 4. The van der Waals surface area contributed by atoms with Crippen molar-refractivity contribution in [3.8, 4) is 11.4 Å².